The highest BCUT2D eigenvalue weighted by Gasteiger charge is 2.32. The number of halogens is 2. The molecule has 0 aliphatic carbocycles. The SMILES string of the molecule is CC1CCN(C(=O)CC(C)(F)F)CCS1(=O)=O. The number of carbonyl (C=O) groups excluding carboxylic acids is 1. The zero-order chi connectivity index (χ0) is 13.3. The van der Waals surface area contributed by atoms with Crippen LogP contribution in [0.25, 0.3) is 0 Å². The summed E-state index contributed by atoms with van der Waals surface area (Å²) in [5.41, 5.74) is 0. The van der Waals surface area contributed by atoms with Crippen molar-refractivity contribution in [2.45, 2.75) is 37.9 Å². The molecular formula is C10H17F2NO3S. The van der Waals surface area contributed by atoms with Crippen LogP contribution in [0.15, 0.2) is 0 Å². The summed E-state index contributed by atoms with van der Waals surface area (Å²) in [6.07, 6.45) is -0.551. The van der Waals surface area contributed by atoms with Gasteiger partial charge in [0, 0.05) is 13.1 Å². The first-order valence-corrected chi connectivity index (χ1v) is 7.20. The number of carbonyl (C=O) groups is 1. The van der Waals surface area contributed by atoms with E-state index in [1.54, 1.807) is 6.92 Å². The Balaban J connectivity index is 2.67. The van der Waals surface area contributed by atoms with Crippen LogP contribution >= 0.6 is 0 Å². The van der Waals surface area contributed by atoms with Crippen LogP contribution in [0.5, 0.6) is 0 Å². The molecule has 100 valence electrons. The van der Waals surface area contributed by atoms with Crippen LogP contribution in [0.1, 0.15) is 26.7 Å². The van der Waals surface area contributed by atoms with E-state index in [9.17, 15) is 22.0 Å². The molecule has 0 N–H and O–H groups in total. The molecule has 0 aromatic heterocycles. The minimum absolute atomic E-state index is 0.0155. The van der Waals surface area contributed by atoms with Crippen LogP contribution in [0, 0.1) is 0 Å². The molecule has 1 atom stereocenters. The summed E-state index contributed by atoms with van der Waals surface area (Å²) >= 11 is 0. The number of amides is 1. The molecule has 4 nitrogen and oxygen atoms in total. The Hall–Kier alpha value is -0.720. The molecule has 0 spiro atoms. The Bertz CT molecular complexity index is 389. The first kappa shape index (κ1) is 14.3. The van der Waals surface area contributed by atoms with Crippen LogP contribution in [0.2, 0.25) is 0 Å². The minimum Gasteiger partial charge on any atom is -0.341 e. The normalized spacial score (nSPS) is 25.4. The highest BCUT2D eigenvalue weighted by atomic mass is 32.2. The zero-order valence-electron chi connectivity index (χ0n) is 9.95. The molecule has 0 aromatic carbocycles. The molecule has 17 heavy (non-hydrogen) atoms. The summed E-state index contributed by atoms with van der Waals surface area (Å²) in [6.45, 7) is 2.51. The van der Waals surface area contributed by atoms with E-state index in [1.165, 1.54) is 4.90 Å². The maximum atomic E-state index is 12.7. The van der Waals surface area contributed by atoms with Gasteiger partial charge in [-0.15, -0.1) is 0 Å². The Labute approximate surface area is 99.9 Å². The summed E-state index contributed by atoms with van der Waals surface area (Å²) in [7, 11) is -3.19. The van der Waals surface area contributed by atoms with Gasteiger partial charge in [-0.05, 0) is 20.3 Å². The predicted molar refractivity (Wildman–Crippen MR) is 59.7 cm³/mol. The van der Waals surface area contributed by atoms with Gasteiger partial charge in [-0.1, -0.05) is 0 Å². The number of rotatable bonds is 2. The monoisotopic (exact) mass is 269 g/mol. The lowest BCUT2D eigenvalue weighted by atomic mass is 10.2. The summed E-state index contributed by atoms with van der Waals surface area (Å²) in [4.78, 5) is 12.8. The zero-order valence-corrected chi connectivity index (χ0v) is 10.8. The van der Waals surface area contributed by atoms with Gasteiger partial charge in [0.05, 0.1) is 17.4 Å². The van der Waals surface area contributed by atoms with Crippen molar-refractivity contribution < 1.29 is 22.0 Å². The molecule has 1 saturated heterocycles. The van der Waals surface area contributed by atoms with Crippen LogP contribution in [-0.2, 0) is 14.6 Å². The fourth-order valence-electron chi connectivity index (χ4n) is 1.69. The molecule has 0 radical (unpaired) electrons. The minimum atomic E-state index is -3.19. The summed E-state index contributed by atoms with van der Waals surface area (Å²) in [6, 6.07) is 0. The Kier molecular flexibility index (Phi) is 4.11. The van der Waals surface area contributed by atoms with Gasteiger partial charge >= 0.3 is 0 Å². The standard InChI is InChI=1S/C10H17F2NO3S/c1-8-3-4-13(5-6-17(8,15)16)9(14)7-10(2,11)12/h8H,3-7H2,1-2H3. The van der Waals surface area contributed by atoms with E-state index in [2.05, 4.69) is 0 Å². The van der Waals surface area contributed by atoms with Crippen molar-refractivity contribution in [3.8, 4) is 0 Å². The maximum Gasteiger partial charge on any atom is 0.254 e. The number of hydrogen-bond acceptors (Lipinski definition) is 3. The lowest BCUT2D eigenvalue weighted by molar-refractivity contribution is -0.137. The van der Waals surface area contributed by atoms with Crippen LogP contribution in [0.4, 0.5) is 8.78 Å². The summed E-state index contributed by atoms with van der Waals surface area (Å²) in [5, 5.41) is -0.512. The average Bonchev–Trinajstić information content (AvgIpc) is 2.25. The Morgan fingerprint density at radius 1 is 1.41 bits per heavy atom. The first-order chi connectivity index (χ1) is 7.62. The van der Waals surface area contributed by atoms with Crippen molar-refractivity contribution in [2.24, 2.45) is 0 Å². The van der Waals surface area contributed by atoms with Crippen molar-refractivity contribution in [2.75, 3.05) is 18.8 Å². The van der Waals surface area contributed by atoms with E-state index in [0.717, 1.165) is 0 Å². The molecule has 0 saturated carbocycles. The fourth-order valence-corrected chi connectivity index (χ4v) is 3.04. The maximum absolute atomic E-state index is 12.7. The highest BCUT2D eigenvalue weighted by Crippen LogP contribution is 2.20. The fraction of sp³-hybridized carbons (Fsp3) is 0.900. The van der Waals surface area contributed by atoms with Crippen LogP contribution < -0.4 is 0 Å². The van der Waals surface area contributed by atoms with E-state index in [-0.39, 0.29) is 18.8 Å². The smallest absolute Gasteiger partial charge is 0.254 e. The Morgan fingerprint density at radius 3 is 2.53 bits per heavy atom. The van der Waals surface area contributed by atoms with Gasteiger partial charge in [0.25, 0.3) is 5.92 Å². The average molecular weight is 269 g/mol. The second-order valence-electron chi connectivity index (χ2n) is 4.59. The van der Waals surface area contributed by atoms with Crippen molar-refractivity contribution in [1.82, 2.24) is 4.90 Å². The molecule has 1 aliphatic heterocycles. The van der Waals surface area contributed by atoms with Crippen molar-refractivity contribution in [3.63, 3.8) is 0 Å². The quantitative estimate of drug-likeness (QED) is 0.753. The van der Waals surface area contributed by atoms with E-state index in [4.69, 9.17) is 0 Å². The number of alkyl halides is 2. The third-order valence-electron chi connectivity index (χ3n) is 2.88. The van der Waals surface area contributed by atoms with E-state index in [1.807, 2.05) is 0 Å². The number of nitrogens with zero attached hydrogens (tertiary/aromatic N) is 1. The lowest BCUT2D eigenvalue weighted by Gasteiger charge is -2.21. The second kappa shape index (κ2) is 4.88. The molecular weight excluding hydrogens is 252 g/mol. The van der Waals surface area contributed by atoms with Crippen LogP contribution in [0.3, 0.4) is 0 Å². The predicted octanol–water partition coefficient (Wildman–Crippen LogP) is 1.07. The summed E-state index contributed by atoms with van der Waals surface area (Å²) < 4.78 is 48.5. The second-order valence-corrected chi connectivity index (χ2v) is 7.13. The summed E-state index contributed by atoms with van der Waals surface area (Å²) in [5.74, 6) is -3.87. The largest absolute Gasteiger partial charge is 0.341 e. The van der Waals surface area contributed by atoms with E-state index in [0.29, 0.717) is 13.3 Å². The number of hydrogen-bond donors (Lipinski definition) is 0. The molecule has 1 fully saturated rings. The Morgan fingerprint density at radius 2 is 2.00 bits per heavy atom. The van der Waals surface area contributed by atoms with Crippen molar-refractivity contribution in [3.05, 3.63) is 0 Å². The van der Waals surface area contributed by atoms with Gasteiger partial charge in [0.1, 0.15) is 0 Å². The third-order valence-corrected chi connectivity index (χ3v) is 5.09. The molecule has 7 heteroatoms. The highest BCUT2D eigenvalue weighted by molar-refractivity contribution is 7.92. The lowest BCUT2D eigenvalue weighted by Crippen LogP contribution is -2.36. The van der Waals surface area contributed by atoms with Gasteiger partial charge < -0.3 is 4.90 Å². The molecule has 1 amide bonds. The van der Waals surface area contributed by atoms with Gasteiger partial charge in [0.15, 0.2) is 9.84 Å². The topological polar surface area (TPSA) is 54.5 Å². The van der Waals surface area contributed by atoms with Gasteiger partial charge in [-0.25, -0.2) is 17.2 Å². The number of sulfone groups is 1. The van der Waals surface area contributed by atoms with Crippen LogP contribution in [-0.4, -0.2) is 49.2 Å². The van der Waals surface area contributed by atoms with E-state index < -0.39 is 33.3 Å². The molecule has 1 heterocycles. The van der Waals surface area contributed by atoms with Gasteiger partial charge in [-0.2, -0.15) is 0 Å². The molecule has 0 bridgehead atoms. The molecule has 1 aliphatic rings. The van der Waals surface area contributed by atoms with Crippen molar-refractivity contribution >= 4 is 15.7 Å². The van der Waals surface area contributed by atoms with Gasteiger partial charge in [-0.3, -0.25) is 4.79 Å². The first-order valence-electron chi connectivity index (χ1n) is 5.49. The van der Waals surface area contributed by atoms with Gasteiger partial charge in [0.2, 0.25) is 5.91 Å². The molecule has 0 aromatic rings. The van der Waals surface area contributed by atoms with Crippen molar-refractivity contribution in [1.29, 1.82) is 0 Å². The third kappa shape index (κ3) is 4.22. The molecule has 1 unspecified atom stereocenters. The molecule has 1 rings (SSSR count). The van der Waals surface area contributed by atoms with E-state index >= 15 is 0 Å².